The van der Waals surface area contributed by atoms with Gasteiger partial charge >= 0.3 is 6.18 Å². The van der Waals surface area contributed by atoms with Gasteiger partial charge in [0.25, 0.3) is 0 Å². The van der Waals surface area contributed by atoms with Crippen LogP contribution in [0.25, 0.3) is 11.3 Å². The van der Waals surface area contributed by atoms with Gasteiger partial charge in [0.1, 0.15) is 18.4 Å². The number of nitriles is 1. The monoisotopic (exact) mass is 537 g/mol. The fourth-order valence-corrected chi connectivity index (χ4v) is 4.56. The molecule has 38 heavy (non-hydrogen) atoms. The minimum absolute atomic E-state index is 0.0713. The zero-order valence-electron chi connectivity index (χ0n) is 19.7. The molecule has 3 heterocycles. The van der Waals surface area contributed by atoms with Gasteiger partial charge in [-0.3, -0.25) is 4.79 Å². The molecular formula is C26H19ClF3N7O. The Balaban J connectivity index is 1.41. The normalized spacial score (nSPS) is 12.8. The second kappa shape index (κ2) is 10.1. The van der Waals surface area contributed by atoms with Crippen LogP contribution in [0.15, 0.2) is 60.9 Å². The molecule has 2 aromatic carbocycles. The Bertz CT molecular complexity index is 1560. The first-order valence-electron chi connectivity index (χ1n) is 11.5. The van der Waals surface area contributed by atoms with Crippen molar-refractivity contribution in [1.82, 2.24) is 19.7 Å². The van der Waals surface area contributed by atoms with E-state index in [4.69, 9.17) is 11.6 Å². The highest BCUT2D eigenvalue weighted by Gasteiger charge is 2.30. The van der Waals surface area contributed by atoms with E-state index in [0.717, 1.165) is 10.2 Å². The Morgan fingerprint density at radius 1 is 1.16 bits per heavy atom. The average molecular weight is 538 g/mol. The maximum absolute atomic E-state index is 13.1. The number of carbonyl (C=O) groups excluding carboxylic acids is 1. The molecule has 0 radical (unpaired) electrons. The van der Waals surface area contributed by atoms with E-state index in [0.29, 0.717) is 46.1 Å². The summed E-state index contributed by atoms with van der Waals surface area (Å²) in [5.41, 5.74) is 3.50. The molecule has 192 valence electrons. The van der Waals surface area contributed by atoms with E-state index in [1.54, 1.807) is 35.2 Å². The van der Waals surface area contributed by atoms with Crippen molar-refractivity contribution in [3.05, 3.63) is 82.6 Å². The Labute approximate surface area is 220 Å². The highest BCUT2D eigenvalue weighted by Crippen LogP contribution is 2.36. The Hall–Kier alpha value is -4.43. The van der Waals surface area contributed by atoms with Crippen molar-refractivity contribution in [2.24, 2.45) is 0 Å². The second-order valence-electron chi connectivity index (χ2n) is 8.59. The second-order valence-corrected chi connectivity index (χ2v) is 8.99. The summed E-state index contributed by atoms with van der Waals surface area (Å²) < 4.78 is 39.3. The number of nitrogens with zero attached hydrogens (tertiary/aromatic N) is 6. The maximum atomic E-state index is 13.1. The molecule has 0 aliphatic carbocycles. The van der Waals surface area contributed by atoms with E-state index in [-0.39, 0.29) is 24.1 Å². The van der Waals surface area contributed by atoms with Crippen LogP contribution in [0.3, 0.4) is 0 Å². The summed E-state index contributed by atoms with van der Waals surface area (Å²) in [6, 6.07) is 15.8. The van der Waals surface area contributed by atoms with Crippen molar-refractivity contribution >= 4 is 35.0 Å². The molecule has 0 spiro atoms. The van der Waals surface area contributed by atoms with Crippen molar-refractivity contribution in [1.29, 1.82) is 5.26 Å². The molecule has 0 saturated heterocycles. The summed E-state index contributed by atoms with van der Waals surface area (Å²) in [6.07, 6.45) is -1.06. The largest absolute Gasteiger partial charge is 0.408 e. The first-order chi connectivity index (χ1) is 18.2. The number of amides is 1. The van der Waals surface area contributed by atoms with Crippen LogP contribution >= 0.6 is 11.6 Å². The molecule has 0 unspecified atom stereocenters. The summed E-state index contributed by atoms with van der Waals surface area (Å²) in [4.78, 5) is 23.2. The lowest BCUT2D eigenvalue weighted by atomic mass is 10.0. The molecule has 12 heteroatoms. The Morgan fingerprint density at radius 2 is 1.97 bits per heavy atom. The van der Waals surface area contributed by atoms with Crippen LogP contribution in [0.5, 0.6) is 0 Å². The molecule has 1 N–H and O–H groups in total. The van der Waals surface area contributed by atoms with Crippen molar-refractivity contribution < 1.29 is 18.0 Å². The molecule has 0 saturated carbocycles. The Kier molecular flexibility index (Phi) is 6.73. The van der Waals surface area contributed by atoms with Crippen LogP contribution in [0.4, 0.5) is 30.6 Å². The minimum atomic E-state index is -4.44. The molecule has 2 aromatic heterocycles. The molecule has 8 nitrogen and oxygen atoms in total. The summed E-state index contributed by atoms with van der Waals surface area (Å²) in [6.45, 7) is -0.833. The molecule has 4 aromatic rings. The predicted octanol–water partition coefficient (Wildman–Crippen LogP) is 5.30. The van der Waals surface area contributed by atoms with Crippen LogP contribution in [-0.4, -0.2) is 38.4 Å². The quantitative estimate of drug-likeness (QED) is 0.358. The first-order valence-corrected chi connectivity index (χ1v) is 11.9. The standard InChI is InChI=1S/C26H19ClF3N7O/c27-20-4-2-1-3-16(20)13-23(38)36-10-7-17-11-18(12-19(14-31)24(17)36)21-5-8-32-25(34-21)35-22-6-9-33-37(22)15-26(28,29)30/h1-6,8-9,11-12H,7,10,13,15H2,(H,32,34,35). The number of hydrogen-bond donors (Lipinski definition) is 1. The van der Waals surface area contributed by atoms with Crippen LogP contribution in [0.1, 0.15) is 16.7 Å². The highest BCUT2D eigenvalue weighted by molar-refractivity contribution is 6.31. The third kappa shape index (κ3) is 5.31. The predicted molar refractivity (Wildman–Crippen MR) is 135 cm³/mol. The lowest BCUT2D eigenvalue weighted by Gasteiger charge is -2.19. The van der Waals surface area contributed by atoms with Crippen LogP contribution in [-0.2, 0) is 24.2 Å². The maximum Gasteiger partial charge on any atom is 0.408 e. The smallest absolute Gasteiger partial charge is 0.310 e. The number of carbonyl (C=O) groups is 1. The van der Waals surface area contributed by atoms with E-state index < -0.39 is 12.7 Å². The van der Waals surface area contributed by atoms with Gasteiger partial charge < -0.3 is 10.2 Å². The number of aromatic nitrogens is 4. The summed E-state index contributed by atoms with van der Waals surface area (Å²) in [5, 5.41) is 16.9. The zero-order chi connectivity index (χ0) is 26.9. The first kappa shape index (κ1) is 25.2. The van der Waals surface area contributed by atoms with E-state index in [1.807, 2.05) is 12.1 Å². The molecule has 5 rings (SSSR count). The molecule has 0 bridgehead atoms. The average Bonchev–Trinajstić information content (AvgIpc) is 3.51. The number of nitrogens with one attached hydrogen (secondary N) is 1. The van der Waals surface area contributed by atoms with E-state index in [1.165, 1.54) is 18.5 Å². The molecule has 1 aliphatic heterocycles. The van der Waals surface area contributed by atoms with Crippen molar-refractivity contribution in [3.63, 3.8) is 0 Å². The van der Waals surface area contributed by atoms with Crippen LogP contribution in [0, 0.1) is 11.3 Å². The van der Waals surface area contributed by atoms with Gasteiger partial charge in [-0.05, 0) is 41.8 Å². The van der Waals surface area contributed by atoms with Crippen molar-refractivity contribution in [2.45, 2.75) is 25.6 Å². The van der Waals surface area contributed by atoms with Crippen molar-refractivity contribution in [3.8, 4) is 17.3 Å². The topological polar surface area (TPSA) is 99.7 Å². The molecule has 0 fully saturated rings. The van der Waals surface area contributed by atoms with Gasteiger partial charge in [0.2, 0.25) is 11.9 Å². The molecule has 1 aliphatic rings. The summed E-state index contributed by atoms with van der Waals surface area (Å²) >= 11 is 6.22. The molecule has 1 amide bonds. The number of hydrogen-bond acceptors (Lipinski definition) is 6. The minimum Gasteiger partial charge on any atom is -0.310 e. The van der Waals surface area contributed by atoms with E-state index >= 15 is 0 Å². The fourth-order valence-electron chi connectivity index (χ4n) is 4.36. The van der Waals surface area contributed by atoms with E-state index in [9.17, 15) is 23.2 Å². The van der Waals surface area contributed by atoms with Gasteiger partial charge in [-0.1, -0.05) is 29.8 Å². The van der Waals surface area contributed by atoms with Gasteiger partial charge in [0.05, 0.1) is 29.6 Å². The molecule has 0 atom stereocenters. The number of alkyl halides is 3. The summed E-state index contributed by atoms with van der Waals surface area (Å²) in [5.74, 6) is -0.00844. The SMILES string of the molecule is N#Cc1cc(-c2ccnc(Nc3ccnn3CC(F)(F)F)n2)cc2c1N(C(=O)Cc1ccccc1Cl)CC2. The van der Waals surface area contributed by atoms with Crippen LogP contribution in [0.2, 0.25) is 5.02 Å². The van der Waals surface area contributed by atoms with E-state index in [2.05, 4.69) is 26.5 Å². The summed E-state index contributed by atoms with van der Waals surface area (Å²) in [7, 11) is 0. The number of benzene rings is 2. The van der Waals surface area contributed by atoms with Gasteiger partial charge in [-0.15, -0.1) is 0 Å². The Morgan fingerprint density at radius 3 is 2.74 bits per heavy atom. The lowest BCUT2D eigenvalue weighted by molar-refractivity contribution is -0.142. The number of fused-ring (bicyclic) bond motifs is 1. The lowest BCUT2D eigenvalue weighted by Crippen LogP contribution is -2.31. The number of rotatable bonds is 6. The molecular weight excluding hydrogens is 519 g/mol. The van der Waals surface area contributed by atoms with Crippen LogP contribution < -0.4 is 10.2 Å². The van der Waals surface area contributed by atoms with Gasteiger partial charge in [-0.25, -0.2) is 14.6 Å². The van der Waals surface area contributed by atoms with Gasteiger partial charge in [0.15, 0.2) is 0 Å². The third-order valence-electron chi connectivity index (χ3n) is 6.02. The highest BCUT2D eigenvalue weighted by atomic mass is 35.5. The van der Waals surface area contributed by atoms with Crippen molar-refractivity contribution in [2.75, 3.05) is 16.8 Å². The third-order valence-corrected chi connectivity index (χ3v) is 6.39. The fraction of sp³-hybridized carbons (Fsp3) is 0.192. The number of halogens is 4. The number of anilines is 3. The van der Waals surface area contributed by atoms with Gasteiger partial charge in [0, 0.05) is 29.4 Å². The zero-order valence-corrected chi connectivity index (χ0v) is 20.5. The van der Waals surface area contributed by atoms with Gasteiger partial charge in [-0.2, -0.15) is 23.5 Å².